The molecule has 1 amide bonds. The Kier molecular flexibility index (Phi) is 46.8. The molecule has 3 atom stereocenters. The van der Waals surface area contributed by atoms with E-state index in [9.17, 15) is 19.4 Å². The zero-order valence-corrected chi connectivity index (χ0v) is 44.6. The van der Waals surface area contributed by atoms with Crippen molar-refractivity contribution in [3.63, 3.8) is 0 Å². The van der Waals surface area contributed by atoms with E-state index >= 15 is 0 Å². The molecule has 0 aliphatic rings. The van der Waals surface area contributed by atoms with Gasteiger partial charge >= 0.3 is 0 Å². The van der Waals surface area contributed by atoms with Crippen molar-refractivity contribution >= 4 is 13.7 Å². The number of hydrogen-bond acceptors (Lipinski definition) is 6. The molecule has 0 aliphatic heterocycles. The van der Waals surface area contributed by atoms with Crippen LogP contribution in [0.4, 0.5) is 0 Å². The number of nitrogens with one attached hydrogen (secondary N) is 1. The van der Waals surface area contributed by atoms with Crippen molar-refractivity contribution in [3.8, 4) is 0 Å². The molecule has 0 rings (SSSR count). The molecule has 0 saturated heterocycles. The Morgan fingerprint density at radius 1 is 0.523 bits per heavy atom. The average molecular weight is 937 g/mol. The van der Waals surface area contributed by atoms with Crippen molar-refractivity contribution in [2.45, 2.75) is 276 Å². The summed E-state index contributed by atoms with van der Waals surface area (Å²) in [6.07, 6.45) is 60.8. The molecule has 0 heterocycles. The summed E-state index contributed by atoms with van der Waals surface area (Å²) >= 11 is 0. The van der Waals surface area contributed by atoms with E-state index in [4.69, 9.17) is 9.05 Å². The maximum Gasteiger partial charge on any atom is 0.268 e. The maximum atomic E-state index is 12.9. The number of nitrogens with zero attached hydrogens (tertiary/aromatic N) is 1. The van der Waals surface area contributed by atoms with Crippen LogP contribution in [0.25, 0.3) is 0 Å². The zero-order valence-electron chi connectivity index (χ0n) is 43.7. The van der Waals surface area contributed by atoms with Gasteiger partial charge in [-0.2, -0.15) is 0 Å². The minimum absolute atomic E-state index is 0.00584. The molecular weight excluding hydrogens is 828 g/mol. The number of hydrogen-bond donors (Lipinski definition) is 2. The summed E-state index contributed by atoms with van der Waals surface area (Å²) in [4.78, 5) is 25.4. The van der Waals surface area contributed by atoms with E-state index < -0.39 is 26.6 Å². The number of amides is 1. The van der Waals surface area contributed by atoms with Gasteiger partial charge in [0, 0.05) is 6.42 Å². The van der Waals surface area contributed by atoms with Gasteiger partial charge in [-0.15, -0.1) is 0 Å². The van der Waals surface area contributed by atoms with E-state index in [0.29, 0.717) is 17.4 Å². The number of allylic oxidation sites excluding steroid dienone is 5. The molecule has 0 bridgehead atoms. The maximum absolute atomic E-state index is 12.9. The fourth-order valence-corrected chi connectivity index (χ4v) is 8.89. The lowest BCUT2D eigenvalue weighted by Crippen LogP contribution is -2.45. The number of phosphoric ester groups is 1. The van der Waals surface area contributed by atoms with Crippen molar-refractivity contribution in [2.75, 3.05) is 40.9 Å². The molecular formula is C56H109N2O6P. The molecule has 8 nitrogen and oxygen atoms in total. The molecule has 65 heavy (non-hydrogen) atoms. The van der Waals surface area contributed by atoms with Crippen LogP contribution in [-0.2, 0) is 18.4 Å². The summed E-state index contributed by atoms with van der Waals surface area (Å²) in [6, 6.07) is -0.903. The number of likely N-dealkylation sites (N-methyl/N-ethyl adjacent to an activating group) is 1. The predicted molar refractivity (Wildman–Crippen MR) is 279 cm³/mol. The third kappa shape index (κ3) is 50.4. The number of aliphatic hydroxyl groups excluding tert-OH is 1. The Balaban J connectivity index is 4.19. The molecule has 0 aromatic heterocycles. The summed E-state index contributed by atoms with van der Waals surface area (Å²) in [7, 11) is 1.25. The number of aliphatic hydroxyl groups is 1. The number of rotatable bonds is 51. The second-order valence-corrected chi connectivity index (χ2v) is 21.7. The van der Waals surface area contributed by atoms with Crippen LogP contribution in [0.5, 0.6) is 0 Å². The minimum atomic E-state index is -4.60. The molecule has 384 valence electrons. The summed E-state index contributed by atoms with van der Waals surface area (Å²) < 4.78 is 23.3. The lowest BCUT2D eigenvalue weighted by atomic mass is 10.0. The summed E-state index contributed by atoms with van der Waals surface area (Å²) in [6.45, 7) is 4.65. The van der Waals surface area contributed by atoms with Gasteiger partial charge in [0.15, 0.2) is 0 Å². The van der Waals surface area contributed by atoms with Crippen molar-refractivity contribution in [1.29, 1.82) is 0 Å². The molecule has 2 N–H and O–H groups in total. The highest BCUT2D eigenvalue weighted by molar-refractivity contribution is 7.45. The Bertz CT molecular complexity index is 1150. The third-order valence-corrected chi connectivity index (χ3v) is 13.5. The molecule has 0 aromatic carbocycles. The van der Waals surface area contributed by atoms with Crippen LogP contribution < -0.4 is 10.2 Å². The van der Waals surface area contributed by atoms with Gasteiger partial charge in [0.1, 0.15) is 13.2 Å². The molecule has 9 heteroatoms. The van der Waals surface area contributed by atoms with Gasteiger partial charge in [0.2, 0.25) is 5.91 Å². The number of quaternary nitrogens is 1. The van der Waals surface area contributed by atoms with Crippen molar-refractivity contribution in [1.82, 2.24) is 5.32 Å². The Morgan fingerprint density at radius 3 is 1.25 bits per heavy atom. The first-order valence-corrected chi connectivity index (χ1v) is 29.3. The highest BCUT2D eigenvalue weighted by Gasteiger charge is 2.23. The number of unbranched alkanes of at least 4 members (excludes halogenated alkanes) is 34. The van der Waals surface area contributed by atoms with E-state index in [-0.39, 0.29) is 12.5 Å². The number of phosphoric acid groups is 1. The third-order valence-electron chi connectivity index (χ3n) is 12.6. The largest absolute Gasteiger partial charge is 0.756 e. The lowest BCUT2D eigenvalue weighted by Gasteiger charge is -2.29. The van der Waals surface area contributed by atoms with E-state index in [1.54, 1.807) is 6.08 Å². The topological polar surface area (TPSA) is 108 Å². The van der Waals surface area contributed by atoms with Crippen molar-refractivity contribution in [3.05, 3.63) is 36.5 Å². The lowest BCUT2D eigenvalue weighted by molar-refractivity contribution is -0.870. The van der Waals surface area contributed by atoms with Crippen LogP contribution >= 0.6 is 7.82 Å². The van der Waals surface area contributed by atoms with E-state index in [1.165, 1.54) is 205 Å². The first kappa shape index (κ1) is 63.7. The second-order valence-electron chi connectivity index (χ2n) is 20.3. The molecule has 0 radical (unpaired) electrons. The molecule has 0 fully saturated rings. The Hall–Kier alpha value is -1.28. The number of carbonyl (C=O) groups is 1. The monoisotopic (exact) mass is 937 g/mol. The van der Waals surface area contributed by atoms with Gasteiger partial charge in [-0.05, 0) is 57.8 Å². The van der Waals surface area contributed by atoms with Crippen LogP contribution in [0.15, 0.2) is 36.5 Å². The molecule has 0 aliphatic carbocycles. The fourth-order valence-electron chi connectivity index (χ4n) is 8.17. The van der Waals surface area contributed by atoms with Crippen LogP contribution in [0.3, 0.4) is 0 Å². The molecule has 0 aromatic rings. The smallest absolute Gasteiger partial charge is 0.268 e. The minimum Gasteiger partial charge on any atom is -0.756 e. The predicted octanol–water partition coefficient (Wildman–Crippen LogP) is 16.0. The summed E-state index contributed by atoms with van der Waals surface area (Å²) in [5.74, 6) is -0.206. The SMILES string of the molecule is CCCCCCCCCCCC/C=C/CC/C=C/C(O)C(COP(=O)([O-])OCC[N+](C)(C)C)NC(=O)CCCCCCCCCCCCC/C=C\CCCCCCCCCCCCCC. The molecule has 0 saturated carbocycles. The van der Waals surface area contributed by atoms with Crippen molar-refractivity contribution < 1.29 is 32.9 Å². The first-order valence-electron chi connectivity index (χ1n) is 27.9. The quantitative estimate of drug-likeness (QED) is 0.0272. The van der Waals surface area contributed by atoms with Crippen LogP contribution in [0, 0.1) is 0 Å². The van der Waals surface area contributed by atoms with Gasteiger partial charge in [0.25, 0.3) is 7.82 Å². The van der Waals surface area contributed by atoms with Crippen LogP contribution in [0.2, 0.25) is 0 Å². The Labute approximate surface area is 404 Å². The van der Waals surface area contributed by atoms with Crippen molar-refractivity contribution in [2.24, 2.45) is 0 Å². The highest BCUT2D eigenvalue weighted by atomic mass is 31.2. The standard InChI is InChI=1S/C56H109N2O6P/c1-6-8-10-12-14-16-18-20-22-24-25-26-27-28-29-30-31-32-33-34-36-38-40-42-44-46-48-50-56(60)57-54(53-64-65(61,62)63-52-51-58(3,4)5)55(59)49-47-45-43-41-39-37-35-23-21-19-17-15-13-11-9-7-2/h28-29,39,41,47,49,54-55,59H,6-27,30-38,40,42-46,48,50-53H2,1-5H3,(H-,57,60,61,62)/b29-28-,41-39+,49-47+. The van der Waals surface area contributed by atoms with E-state index in [1.807, 2.05) is 27.2 Å². The molecule has 3 unspecified atom stereocenters. The number of carbonyl (C=O) groups excluding carboxylic acids is 1. The summed E-state index contributed by atoms with van der Waals surface area (Å²) in [5.41, 5.74) is 0. The fraction of sp³-hybridized carbons (Fsp3) is 0.875. The van der Waals surface area contributed by atoms with E-state index in [0.717, 1.165) is 38.5 Å². The zero-order chi connectivity index (χ0) is 47.8. The van der Waals surface area contributed by atoms with Gasteiger partial charge in [0.05, 0.1) is 39.9 Å². The van der Waals surface area contributed by atoms with Gasteiger partial charge in [-0.1, -0.05) is 237 Å². The van der Waals surface area contributed by atoms with Gasteiger partial charge in [-0.25, -0.2) is 0 Å². The summed E-state index contributed by atoms with van der Waals surface area (Å²) in [5, 5.41) is 13.8. The Morgan fingerprint density at radius 2 is 0.862 bits per heavy atom. The molecule has 0 spiro atoms. The average Bonchev–Trinajstić information content (AvgIpc) is 3.26. The highest BCUT2D eigenvalue weighted by Crippen LogP contribution is 2.38. The first-order chi connectivity index (χ1) is 31.5. The second kappa shape index (κ2) is 47.8. The van der Waals surface area contributed by atoms with Crippen LogP contribution in [0.1, 0.15) is 264 Å². The van der Waals surface area contributed by atoms with E-state index in [2.05, 4.69) is 43.5 Å². The van der Waals surface area contributed by atoms with Crippen LogP contribution in [-0.4, -0.2) is 68.5 Å². The van der Waals surface area contributed by atoms with Gasteiger partial charge in [-0.3, -0.25) is 9.36 Å². The van der Waals surface area contributed by atoms with Gasteiger partial charge < -0.3 is 28.8 Å². The normalized spacial score (nSPS) is 14.3.